The van der Waals surface area contributed by atoms with Crippen molar-refractivity contribution in [2.75, 3.05) is 5.43 Å². The van der Waals surface area contributed by atoms with Crippen molar-refractivity contribution >= 4 is 35.1 Å². The second-order valence-corrected chi connectivity index (χ2v) is 7.41. The standard InChI is InChI=1S/C20H19ClN4OS/c1-13-18(21)22-14(2)23-19(13)24-25-20(26)17(15-9-5-3-6-10-15)27-16-11-7-4-8-12-16/h3-12,17H,1-2H3,(H,25,26)(H,22,23,24)/t17-/m1/s1. The van der Waals surface area contributed by atoms with Crippen molar-refractivity contribution in [3.05, 3.63) is 82.8 Å². The van der Waals surface area contributed by atoms with Crippen LogP contribution in [0.3, 0.4) is 0 Å². The average Bonchev–Trinajstić information content (AvgIpc) is 2.69. The Morgan fingerprint density at radius 2 is 1.63 bits per heavy atom. The minimum atomic E-state index is -0.417. The van der Waals surface area contributed by atoms with Gasteiger partial charge in [0.1, 0.15) is 16.2 Å². The number of rotatable bonds is 6. The van der Waals surface area contributed by atoms with E-state index in [0.29, 0.717) is 22.4 Å². The van der Waals surface area contributed by atoms with E-state index < -0.39 is 5.25 Å². The van der Waals surface area contributed by atoms with Crippen LogP contribution in [0, 0.1) is 13.8 Å². The van der Waals surface area contributed by atoms with Crippen molar-refractivity contribution in [2.24, 2.45) is 0 Å². The summed E-state index contributed by atoms with van der Waals surface area (Å²) in [6, 6.07) is 19.5. The summed E-state index contributed by atoms with van der Waals surface area (Å²) in [6.45, 7) is 3.54. The number of hydrogen-bond acceptors (Lipinski definition) is 5. The van der Waals surface area contributed by atoms with Crippen LogP contribution in [0.2, 0.25) is 5.15 Å². The molecular formula is C20H19ClN4OS. The zero-order valence-corrected chi connectivity index (χ0v) is 16.5. The van der Waals surface area contributed by atoms with Crippen molar-refractivity contribution < 1.29 is 4.79 Å². The topological polar surface area (TPSA) is 66.9 Å². The molecular weight excluding hydrogens is 380 g/mol. The second-order valence-electron chi connectivity index (χ2n) is 5.87. The third kappa shape index (κ3) is 4.99. The lowest BCUT2D eigenvalue weighted by atomic mass is 10.1. The van der Waals surface area contributed by atoms with Gasteiger partial charge in [0.05, 0.1) is 0 Å². The maximum atomic E-state index is 12.9. The van der Waals surface area contributed by atoms with Crippen LogP contribution in [0.1, 0.15) is 22.2 Å². The van der Waals surface area contributed by atoms with Gasteiger partial charge in [0.2, 0.25) is 0 Å². The molecule has 0 aliphatic carbocycles. The third-order valence-electron chi connectivity index (χ3n) is 3.84. The highest BCUT2D eigenvalue weighted by Gasteiger charge is 2.22. The van der Waals surface area contributed by atoms with Crippen LogP contribution in [-0.4, -0.2) is 15.9 Å². The molecule has 1 aromatic heterocycles. The largest absolute Gasteiger partial charge is 0.281 e. The summed E-state index contributed by atoms with van der Waals surface area (Å²) in [5, 5.41) is -0.0580. The van der Waals surface area contributed by atoms with E-state index in [1.807, 2.05) is 60.7 Å². The number of hydrogen-bond donors (Lipinski definition) is 2. The molecule has 1 amide bonds. The van der Waals surface area contributed by atoms with Gasteiger partial charge in [-0.2, -0.15) is 0 Å². The molecule has 7 heteroatoms. The first-order valence-electron chi connectivity index (χ1n) is 8.38. The van der Waals surface area contributed by atoms with Crippen LogP contribution in [0.4, 0.5) is 5.82 Å². The SMILES string of the molecule is Cc1nc(Cl)c(C)c(NNC(=O)[C@H](Sc2ccccc2)c2ccccc2)n1. The van der Waals surface area contributed by atoms with Crippen LogP contribution in [0.25, 0.3) is 0 Å². The quantitative estimate of drug-likeness (QED) is 0.357. The summed E-state index contributed by atoms with van der Waals surface area (Å²) < 4.78 is 0. The van der Waals surface area contributed by atoms with Gasteiger partial charge in [-0.1, -0.05) is 60.1 Å². The Kier molecular flexibility index (Phi) is 6.32. The number of thioether (sulfide) groups is 1. The second kappa shape index (κ2) is 8.88. The van der Waals surface area contributed by atoms with Crippen LogP contribution in [0.15, 0.2) is 65.6 Å². The number of nitrogens with zero attached hydrogens (tertiary/aromatic N) is 2. The monoisotopic (exact) mass is 398 g/mol. The number of amides is 1. The molecule has 5 nitrogen and oxygen atoms in total. The van der Waals surface area contributed by atoms with Gasteiger partial charge in [-0.25, -0.2) is 9.97 Å². The highest BCUT2D eigenvalue weighted by Crippen LogP contribution is 2.35. The number of anilines is 1. The van der Waals surface area contributed by atoms with Gasteiger partial charge in [-0.05, 0) is 31.5 Å². The first-order chi connectivity index (χ1) is 13.0. The molecule has 0 radical (unpaired) electrons. The van der Waals surface area contributed by atoms with E-state index in [1.54, 1.807) is 13.8 Å². The summed E-state index contributed by atoms with van der Waals surface area (Å²) >= 11 is 7.58. The number of aromatic nitrogens is 2. The molecule has 138 valence electrons. The highest BCUT2D eigenvalue weighted by molar-refractivity contribution is 8.00. The van der Waals surface area contributed by atoms with E-state index in [9.17, 15) is 4.79 Å². The molecule has 0 unspecified atom stereocenters. The van der Waals surface area contributed by atoms with E-state index in [0.717, 1.165) is 10.5 Å². The fourth-order valence-electron chi connectivity index (χ4n) is 2.44. The lowest BCUT2D eigenvalue weighted by Gasteiger charge is -2.18. The summed E-state index contributed by atoms with van der Waals surface area (Å²) in [4.78, 5) is 22.3. The van der Waals surface area contributed by atoms with Crippen LogP contribution in [-0.2, 0) is 4.79 Å². The summed E-state index contributed by atoms with van der Waals surface area (Å²) in [5.41, 5.74) is 7.23. The van der Waals surface area contributed by atoms with Gasteiger partial charge in [0.25, 0.3) is 5.91 Å². The molecule has 0 bridgehead atoms. The molecule has 0 saturated heterocycles. The van der Waals surface area contributed by atoms with E-state index in [2.05, 4.69) is 20.8 Å². The number of carbonyl (C=O) groups excluding carboxylic acids is 1. The maximum Gasteiger partial charge on any atom is 0.256 e. The number of carbonyl (C=O) groups is 1. The first-order valence-corrected chi connectivity index (χ1v) is 9.63. The fourth-order valence-corrected chi connectivity index (χ4v) is 3.70. The van der Waals surface area contributed by atoms with E-state index in [-0.39, 0.29) is 5.91 Å². The Labute approximate surface area is 167 Å². The van der Waals surface area contributed by atoms with Gasteiger partial charge in [-0.3, -0.25) is 15.6 Å². The third-order valence-corrected chi connectivity index (χ3v) is 5.47. The fraction of sp³-hybridized carbons (Fsp3) is 0.150. The van der Waals surface area contributed by atoms with Crippen LogP contribution in [0.5, 0.6) is 0 Å². The molecule has 3 rings (SSSR count). The molecule has 1 atom stereocenters. The highest BCUT2D eigenvalue weighted by atomic mass is 35.5. The smallest absolute Gasteiger partial charge is 0.256 e. The minimum absolute atomic E-state index is 0.179. The maximum absolute atomic E-state index is 12.9. The Balaban J connectivity index is 1.79. The summed E-state index contributed by atoms with van der Waals surface area (Å²) in [7, 11) is 0. The normalized spacial score (nSPS) is 11.7. The predicted octanol–water partition coefficient (Wildman–Crippen LogP) is 4.72. The number of hydrazine groups is 1. The molecule has 0 aliphatic heterocycles. The Hall–Kier alpha value is -2.57. The van der Waals surface area contributed by atoms with Gasteiger partial charge >= 0.3 is 0 Å². The Bertz CT molecular complexity index is 922. The zero-order chi connectivity index (χ0) is 19.2. The summed E-state index contributed by atoms with van der Waals surface area (Å²) in [6.07, 6.45) is 0. The molecule has 0 aliphatic rings. The van der Waals surface area contributed by atoms with Gasteiger partial charge in [0, 0.05) is 10.5 Å². The number of nitrogens with one attached hydrogen (secondary N) is 2. The molecule has 1 heterocycles. The van der Waals surface area contributed by atoms with Gasteiger partial charge < -0.3 is 0 Å². The first kappa shape index (κ1) is 19.2. The van der Waals surface area contributed by atoms with E-state index >= 15 is 0 Å². The van der Waals surface area contributed by atoms with Crippen molar-refractivity contribution in [1.82, 2.24) is 15.4 Å². The number of halogens is 1. The zero-order valence-electron chi connectivity index (χ0n) is 14.9. The van der Waals surface area contributed by atoms with E-state index in [1.165, 1.54) is 11.8 Å². The van der Waals surface area contributed by atoms with E-state index in [4.69, 9.17) is 11.6 Å². The van der Waals surface area contributed by atoms with Crippen molar-refractivity contribution in [3.8, 4) is 0 Å². The lowest BCUT2D eigenvalue weighted by molar-refractivity contribution is -0.120. The molecule has 2 aromatic carbocycles. The molecule has 27 heavy (non-hydrogen) atoms. The Morgan fingerprint density at radius 3 is 2.30 bits per heavy atom. The number of benzene rings is 2. The van der Waals surface area contributed by atoms with Crippen LogP contribution < -0.4 is 10.9 Å². The molecule has 2 N–H and O–H groups in total. The molecule has 3 aromatic rings. The van der Waals surface area contributed by atoms with Crippen molar-refractivity contribution in [2.45, 2.75) is 24.0 Å². The average molecular weight is 399 g/mol. The predicted molar refractivity (Wildman–Crippen MR) is 110 cm³/mol. The molecule has 0 fully saturated rings. The van der Waals surface area contributed by atoms with Gasteiger partial charge in [-0.15, -0.1) is 11.8 Å². The molecule has 0 spiro atoms. The number of aryl methyl sites for hydroxylation is 1. The molecule has 0 saturated carbocycles. The van der Waals surface area contributed by atoms with Crippen molar-refractivity contribution in [1.29, 1.82) is 0 Å². The lowest BCUT2D eigenvalue weighted by Crippen LogP contribution is -2.33. The Morgan fingerprint density at radius 1 is 1.00 bits per heavy atom. The van der Waals surface area contributed by atoms with Gasteiger partial charge in [0.15, 0.2) is 5.82 Å². The van der Waals surface area contributed by atoms with Crippen molar-refractivity contribution in [3.63, 3.8) is 0 Å². The summed E-state index contributed by atoms with van der Waals surface area (Å²) in [5.74, 6) is 0.833. The van der Waals surface area contributed by atoms with Crippen LogP contribution >= 0.6 is 23.4 Å². The minimum Gasteiger partial charge on any atom is -0.281 e.